The van der Waals surface area contributed by atoms with Crippen molar-refractivity contribution in [3.63, 3.8) is 0 Å². The molecule has 1 aliphatic heterocycles. The molecule has 2 atom stereocenters. The van der Waals surface area contributed by atoms with Crippen molar-refractivity contribution < 1.29 is 9.53 Å². The minimum Gasteiger partial charge on any atom is -0.381 e. The van der Waals surface area contributed by atoms with Crippen molar-refractivity contribution in [3.8, 4) is 0 Å². The van der Waals surface area contributed by atoms with Gasteiger partial charge in [-0.25, -0.2) is 5.10 Å². The number of carbonyl (C=O) groups excluding carboxylic acids is 1. The Morgan fingerprint density at radius 3 is 3.16 bits per heavy atom. The number of nitrogens with zero attached hydrogens (tertiary/aromatic N) is 1. The van der Waals surface area contributed by atoms with Crippen LogP contribution in [0.2, 0.25) is 0 Å². The Morgan fingerprint density at radius 1 is 1.47 bits per heavy atom. The Balaban J connectivity index is 1.65. The summed E-state index contributed by atoms with van der Waals surface area (Å²) in [5, 5.41) is 9.55. The second-order valence-electron chi connectivity index (χ2n) is 5.21. The van der Waals surface area contributed by atoms with Crippen LogP contribution in [0.3, 0.4) is 0 Å². The van der Waals surface area contributed by atoms with Gasteiger partial charge in [-0.1, -0.05) is 0 Å². The van der Waals surface area contributed by atoms with Crippen molar-refractivity contribution in [1.29, 1.82) is 0 Å². The molecule has 3 rings (SSSR count). The highest BCUT2D eigenvalue weighted by Gasteiger charge is 2.27. The molecule has 19 heavy (non-hydrogen) atoms. The molecule has 2 heterocycles. The summed E-state index contributed by atoms with van der Waals surface area (Å²) in [5.41, 5.74) is 1.70. The van der Waals surface area contributed by atoms with Crippen LogP contribution in [0.25, 0.3) is 0 Å². The molecule has 0 aromatic carbocycles. The summed E-state index contributed by atoms with van der Waals surface area (Å²) in [7, 11) is 0. The Labute approximate surface area is 110 Å². The monoisotopic (exact) mass is 263 g/mol. The first kappa shape index (κ1) is 12.3. The summed E-state index contributed by atoms with van der Waals surface area (Å²) in [5.74, 6) is 0.0578. The van der Waals surface area contributed by atoms with Crippen molar-refractivity contribution in [1.82, 2.24) is 15.5 Å². The molecule has 0 spiro atoms. The highest BCUT2D eigenvalue weighted by molar-refractivity contribution is 5.79. The van der Waals surface area contributed by atoms with E-state index in [4.69, 9.17) is 4.74 Å². The van der Waals surface area contributed by atoms with E-state index in [0.717, 1.165) is 30.5 Å². The van der Waals surface area contributed by atoms with E-state index in [1.807, 2.05) is 0 Å². The van der Waals surface area contributed by atoms with Crippen LogP contribution in [-0.4, -0.2) is 35.4 Å². The molecular formula is C13H17N3O3. The lowest BCUT2D eigenvalue weighted by Crippen LogP contribution is -2.42. The SMILES string of the molecule is O=C(NC1CCc2n[nH]c(=O)cc2C1)C1CCOC1. The first-order valence-electron chi connectivity index (χ1n) is 6.68. The summed E-state index contributed by atoms with van der Waals surface area (Å²) < 4.78 is 5.22. The van der Waals surface area contributed by atoms with E-state index in [0.29, 0.717) is 19.6 Å². The largest absolute Gasteiger partial charge is 0.381 e. The summed E-state index contributed by atoms with van der Waals surface area (Å²) in [6, 6.07) is 1.68. The number of rotatable bonds is 2. The van der Waals surface area contributed by atoms with Gasteiger partial charge in [0.15, 0.2) is 0 Å². The molecule has 0 bridgehead atoms. The van der Waals surface area contributed by atoms with Crippen molar-refractivity contribution in [3.05, 3.63) is 27.7 Å². The third-order valence-corrected chi connectivity index (χ3v) is 3.82. The molecule has 1 fully saturated rings. The number of ether oxygens (including phenoxy) is 1. The molecule has 102 valence electrons. The minimum absolute atomic E-state index is 0.0151. The Hall–Kier alpha value is -1.69. The number of nitrogens with one attached hydrogen (secondary N) is 2. The summed E-state index contributed by atoms with van der Waals surface area (Å²) in [6.07, 6.45) is 3.14. The fraction of sp³-hybridized carbons (Fsp3) is 0.615. The van der Waals surface area contributed by atoms with E-state index in [1.165, 1.54) is 0 Å². The fourth-order valence-electron chi connectivity index (χ4n) is 2.72. The number of aromatic amines is 1. The maximum atomic E-state index is 12.0. The van der Waals surface area contributed by atoms with Crippen LogP contribution in [0, 0.1) is 5.92 Å². The molecule has 6 nitrogen and oxygen atoms in total. The quantitative estimate of drug-likeness (QED) is 0.772. The van der Waals surface area contributed by atoms with Crippen molar-refractivity contribution in [2.45, 2.75) is 31.7 Å². The van der Waals surface area contributed by atoms with Gasteiger partial charge < -0.3 is 10.1 Å². The number of fused-ring (bicyclic) bond motifs is 1. The topological polar surface area (TPSA) is 84.1 Å². The maximum Gasteiger partial charge on any atom is 0.264 e. The number of aromatic nitrogens is 2. The van der Waals surface area contributed by atoms with Gasteiger partial charge in [-0.3, -0.25) is 9.59 Å². The molecule has 0 saturated carbocycles. The zero-order chi connectivity index (χ0) is 13.2. The Morgan fingerprint density at radius 2 is 2.37 bits per heavy atom. The normalized spacial score (nSPS) is 25.9. The second-order valence-corrected chi connectivity index (χ2v) is 5.21. The molecule has 1 aromatic heterocycles. The average molecular weight is 263 g/mol. The molecule has 1 amide bonds. The van der Waals surface area contributed by atoms with Crippen LogP contribution in [-0.2, 0) is 22.4 Å². The smallest absolute Gasteiger partial charge is 0.264 e. The summed E-state index contributed by atoms with van der Waals surface area (Å²) >= 11 is 0. The van der Waals surface area contributed by atoms with E-state index in [9.17, 15) is 9.59 Å². The standard InChI is InChI=1S/C13H17N3O3/c17-12-6-9-5-10(1-2-11(9)15-16-12)14-13(18)8-3-4-19-7-8/h6,8,10H,1-5,7H2,(H,14,18)(H,16,17). The van der Waals surface area contributed by atoms with E-state index < -0.39 is 0 Å². The van der Waals surface area contributed by atoms with Gasteiger partial charge in [-0.15, -0.1) is 0 Å². The van der Waals surface area contributed by atoms with Crippen LogP contribution < -0.4 is 10.9 Å². The van der Waals surface area contributed by atoms with Crippen molar-refractivity contribution in [2.75, 3.05) is 13.2 Å². The molecular weight excluding hydrogens is 246 g/mol. The number of H-pyrrole nitrogens is 1. The van der Waals surface area contributed by atoms with Gasteiger partial charge in [0.05, 0.1) is 18.2 Å². The zero-order valence-corrected chi connectivity index (χ0v) is 10.6. The number of hydrogen-bond acceptors (Lipinski definition) is 4. The van der Waals surface area contributed by atoms with E-state index >= 15 is 0 Å². The van der Waals surface area contributed by atoms with Crippen molar-refractivity contribution in [2.24, 2.45) is 5.92 Å². The van der Waals surface area contributed by atoms with Crippen LogP contribution in [0.4, 0.5) is 0 Å². The van der Waals surface area contributed by atoms with Gasteiger partial charge in [-0.2, -0.15) is 5.10 Å². The van der Waals surface area contributed by atoms with E-state index in [-0.39, 0.29) is 23.4 Å². The van der Waals surface area contributed by atoms with Gasteiger partial charge in [0.1, 0.15) is 0 Å². The maximum absolute atomic E-state index is 12.0. The lowest BCUT2D eigenvalue weighted by Gasteiger charge is -2.25. The first-order chi connectivity index (χ1) is 9.22. The Bertz CT molecular complexity index is 534. The summed E-state index contributed by atoms with van der Waals surface area (Å²) in [6.45, 7) is 1.20. The number of amides is 1. The van der Waals surface area contributed by atoms with Crippen LogP contribution in [0.5, 0.6) is 0 Å². The lowest BCUT2D eigenvalue weighted by atomic mass is 9.92. The lowest BCUT2D eigenvalue weighted by molar-refractivity contribution is -0.125. The predicted octanol–water partition coefficient (Wildman–Crippen LogP) is -0.220. The predicted molar refractivity (Wildman–Crippen MR) is 67.7 cm³/mol. The zero-order valence-electron chi connectivity index (χ0n) is 10.6. The molecule has 0 radical (unpaired) electrons. The second kappa shape index (κ2) is 5.13. The van der Waals surface area contributed by atoms with Gasteiger partial charge in [0.2, 0.25) is 5.91 Å². The average Bonchev–Trinajstić information content (AvgIpc) is 2.92. The van der Waals surface area contributed by atoms with Crippen LogP contribution >= 0.6 is 0 Å². The highest BCUT2D eigenvalue weighted by atomic mass is 16.5. The molecule has 1 aliphatic carbocycles. The Kier molecular flexibility index (Phi) is 3.33. The van der Waals surface area contributed by atoms with Gasteiger partial charge in [0.25, 0.3) is 5.56 Å². The van der Waals surface area contributed by atoms with Gasteiger partial charge in [-0.05, 0) is 31.2 Å². The highest BCUT2D eigenvalue weighted by Crippen LogP contribution is 2.19. The molecule has 2 N–H and O–H groups in total. The van der Waals surface area contributed by atoms with Crippen molar-refractivity contribution >= 4 is 5.91 Å². The number of carbonyl (C=O) groups is 1. The number of hydrogen-bond donors (Lipinski definition) is 2. The molecule has 2 aliphatic rings. The minimum atomic E-state index is -0.185. The van der Waals surface area contributed by atoms with Crippen LogP contribution in [0.15, 0.2) is 10.9 Å². The number of aryl methyl sites for hydroxylation is 1. The third kappa shape index (κ3) is 2.68. The molecule has 1 aromatic rings. The van der Waals surface area contributed by atoms with E-state index in [1.54, 1.807) is 6.07 Å². The van der Waals surface area contributed by atoms with E-state index in [2.05, 4.69) is 15.5 Å². The fourth-order valence-corrected chi connectivity index (χ4v) is 2.72. The third-order valence-electron chi connectivity index (χ3n) is 3.82. The molecule has 1 saturated heterocycles. The van der Waals surface area contributed by atoms with Gasteiger partial charge in [0, 0.05) is 18.7 Å². The van der Waals surface area contributed by atoms with Gasteiger partial charge >= 0.3 is 0 Å². The molecule has 6 heteroatoms. The first-order valence-corrected chi connectivity index (χ1v) is 6.68. The van der Waals surface area contributed by atoms with Crippen LogP contribution in [0.1, 0.15) is 24.1 Å². The summed E-state index contributed by atoms with van der Waals surface area (Å²) in [4.78, 5) is 23.3. The molecule has 2 unspecified atom stereocenters.